The molecule has 10 heteroatoms. The molecule has 1 unspecified atom stereocenters. The predicted molar refractivity (Wildman–Crippen MR) is 101 cm³/mol. The van der Waals surface area contributed by atoms with E-state index in [0.29, 0.717) is 12.3 Å². The summed E-state index contributed by atoms with van der Waals surface area (Å²) in [5.74, 6) is -0.301. The second-order valence-corrected chi connectivity index (χ2v) is 11.3. The second kappa shape index (κ2) is 9.42. The number of methoxy groups -OCH3 is 1. The van der Waals surface area contributed by atoms with Crippen LogP contribution in [0.3, 0.4) is 0 Å². The van der Waals surface area contributed by atoms with Crippen molar-refractivity contribution in [3.63, 3.8) is 0 Å². The van der Waals surface area contributed by atoms with E-state index in [1.165, 1.54) is 12.1 Å². The predicted octanol–water partition coefficient (Wildman–Crippen LogP) is 2.18. The molecule has 1 N–H and O–H groups in total. The number of aromatic nitrogens is 1. The van der Waals surface area contributed by atoms with Crippen molar-refractivity contribution in [1.82, 2.24) is 13.2 Å². The summed E-state index contributed by atoms with van der Waals surface area (Å²) in [5, 5.41) is 2.72. The van der Waals surface area contributed by atoms with Crippen molar-refractivity contribution >= 4 is 38.3 Å². The van der Waals surface area contributed by atoms with Crippen LogP contribution < -0.4 is 5.32 Å². The molecule has 1 aromatic heterocycles. The van der Waals surface area contributed by atoms with Crippen molar-refractivity contribution < 1.29 is 27.5 Å². The van der Waals surface area contributed by atoms with Crippen molar-refractivity contribution in [2.75, 3.05) is 7.11 Å². The zero-order valence-corrected chi connectivity index (χ0v) is 19.2. The quantitative estimate of drug-likeness (QED) is 0.594. The van der Waals surface area contributed by atoms with E-state index in [4.69, 9.17) is 4.74 Å². The number of carbonyl (C=O) groups is 2. The summed E-state index contributed by atoms with van der Waals surface area (Å²) in [6, 6.07) is 3.48. The van der Waals surface area contributed by atoms with E-state index in [0.717, 1.165) is 35.0 Å². The molecule has 1 saturated carbocycles. The third-order valence-corrected chi connectivity index (χ3v) is 9.42. The van der Waals surface area contributed by atoms with Crippen LogP contribution in [0.5, 0.6) is 0 Å². The maximum absolute atomic E-state index is 12.8. The average Bonchev–Trinajstić information content (AvgIpc) is 3.15. The molecule has 0 saturated heterocycles. The molecule has 1 aromatic rings. The number of alkyl halides is 3. The van der Waals surface area contributed by atoms with Gasteiger partial charge in [0.25, 0.3) is 0 Å². The van der Waals surface area contributed by atoms with Gasteiger partial charge in [-0.05, 0) is 0 Å². The molecule has 1 aliphatic heterocycles. The van der Waals surface area contributed by atoms with Crippen LogP contribution in [0, 0.1) is 5.92 Å². The zero-order valence-electron chi connectivity index (χ0n) is 15.9. The van der Waals surface area contributed by atoms with Gasteiger partial charge in [0.1, 0.15) is 0 Å². The van der Waals surface area contributed by atoms with Crippen LogP contribution >= 0.6 is 0 Å². The van der Waals surface area contributed by atoms with Crippen molar-refractivity contribution in [2.24, 2.45) is 5.92 Å². The van der Waals surface area contributed by atoms with E-state index in [2.05, 4.69) is 13.2 Å². The Morgan fingerprint density at radius 2 is 2.21 bits per heavy atom. The van der Waals surface area contributed by atoms with Crippen molar-refractivity contribution in [1.29, 1.82) is 0 Å². The van der Waals surface area contributed by atoms with Gasteiger partial charge in [0, 0.05) is 0 Å². The van der Waals surface area contributed by atoms with Crippen LogP contribution in [0.1, 0.15) is 41.9 Å². The number of aldehydes is 1. The first kappa shape index (κ1) is 22.0. The number of ether oxygens (including phenoxy) is 1. The fourth-order valence-corrected chi connectivity index (χ4v) is 7.73. The van der Waals surface area contributed by atoms with Crippen LogP contribution in [0.2, 0.25) is 0 Å². The molecule has 154 valence electrons. The zero-order chi connectivity index (χ0) is 21.0. The Hall–Kier alpha value is -1.68. The molecule has 0 bridgehead atoms. The summed E-state index contributed by atoms with van der Waals surface area (Å²) in [7, 11) is 1.67. The number of rotatable bonds is 6. The van der Waals surface area contributed by atoms with Gasteiger partial charge in [0.15, 0.2) is 0 Å². The van der Waals surface area contributed by atoms with Gasteiger partial charge in [-0.3, -0.25) is 0 Å². The number of hydrogen-bond donors (Lipinski definition) is 1. The van der Waals surface area contributed by atoms with Gasteiger partial charge in [0.05, 0.1) is 0 Å². The Kier molecular flexibility index (Phi) is 7.15. The second-order valence-electron chi connectivity index (χ2n) is 7.13. The van der Waals surface area contributed by atoms with Gasteiger partial charge in [-0.25, -0.2) is 0 Å². The number of nitrogens with one attached hydrogen (secondary N) is 1. The summed E-state index contributed by atoms with van der Waals surface area (Å²) >= 11 is -1.55. The number of amides is 1. The molecule has 29 heavy (non-hydrogen) atoms. The van der Waals surface area contributed by atoms with Gasteiger partial charge >= 0.3 is 178 Å². The Morgan fingerprint density at radius 1 is 1.41 bits per heavy atom. The standard InChI is InChI=1S/C19H21F3N3O3.In/c1-28-16-12-13(8-11-26)6-7-14(16)23-9-3-10-24-18(27)15-4-2-5-17(25-15)19(20,21)22;/h2-5,9,11,13-14,16H,6-8,12H2,1H3,(H,24,27);/q-1;+1/t13-,14+,16?;/m0./s1. The van der Waals surface area contributed by atoms with E-state index in [9.17, 15) is 22.8 Å². The first-order valence-electron chi connectivity index (χ1n) is 9.31. The summed E-state index contributed by atoms with van der Waals surface area (Å²) in [4.78, 5) is 26.6. The maximum atomic E-state index is 12.8. The monoisotopic (exact) mass is 511 g/mol. The number of halogens is 3. The van der Waals surface area contributed by atoms with Gasteiger partial charge in [0.2, 0.25) is 0 Å². The van der Waals surface area contributed by atoms with Gasteiger partial charge < -0.3 is 0 Å². The Morgan fingerprint density at radius 3 is 2.90 bits per heavy atom. The molecule has 1 amide bonds. The first-order chi connectivity index (χ1) is 13.8. The third kappa shape index (κ3) is 5.48. The van der Waals surface area contributed by atoms with Gasteiger partial charge in [-0.15, -0.1) is 0 Å². The van der Waals surface area contributed by atoms with E-state index >= 15 is 0 Å². The molecule has 0 radical (unpaired) electrons. The topological polar surface area (TPSA) is 71.5 Å². The van der Waals surface area contributed by atoms with E-state index in [1.807, 2.05) is 12.3 Å². The Balaban J connectivity index is 1.65. The summed E-state index contributed by atoms with van der Waals surface area (Å²) < 4.78 is 47.1. The molecule has 2 heterocycles. The summed E-state index contributed by atoms with van der Waals surface area (Å²) in [5.41, 5.74) is -1.35. The molecule has 1 aliphatic carbocycles. The molecule has 6 nitrogen and oxygen atoms in total. The molecule has 3 rings (SSSR count). The summed E-state index contributed by atoms with van der Waals surface area (Å²) in [6.45, 7) is 0. The molecular formula is C19H21F3InN3O3. The fourth-order valence-electron chi connectivity index (χ4n) is 3.75. The number of carbonyl (C=O) groups excluding carboxylic acids is 2. The molecule has 3 atom stereocenters. The van der Waals surface area contributed by atoms with Crippen LogP contribution in [0.15, 0.2) is 30.5 Å². The van der Waals surface area contributed by atoms with Crippen LogP contribution in [-0.2, 0) is 15.7 Å². The average molecular weight is 511 g/mol. The minimum atomic E-state index is -4.59. The number of pyridine rings is 1. The molecule has 0 aromatic carbocycles. The van der Waals surface area contributed by atoms with Crippen molar-refractivity contribution in [2.45, 2.75) is 44.0 Å². The fraction of sp³-hybridized carbons (Fsp3) is 0.474. The van der Waals surface area contributed by atoms with E-state index < -0.39 is 40.5 Å². The molecule has 0 spiro atoms. The SMILES string of the molecule is COC1C[C@H](CC=O)CC[C@H]1[N]1C=C[C](NC(=O)c2cccc(C(F)(F)F)n2)=[In]1. The minimum absolute atomic E-state index is 0.0184. The molecular weight excluding hydrogens is 490 g/mol. The number of hydrogen-bond acceptors (Lipinski definition) is 5. The molecule has 2 aliphatic rings. The van der Waals surface area contributed by atoms with E-state index in [1.54, 1.807) is 7.11 Å². The van der Waals surface area contributed by atoms with Crippen LogP contribution in [0.4, 0.5) is 13.2 Å². The van der Waals surface area contributed by atoms with Gasteiger partial charge in [-0.1, -0.05) is 0 Å². The Bertz CT molecular complexity index is 828. The normalized spacial score (nSPS) is 24.1. The van der Waals surface area contributed by atoms with Crippen LogP contribution in [-0.4, -0.2) is 65.4 Å². The summed E-state index contributed by atoms with van der Waals surface area (Å²) in [6.07, 6.45) is 3.35. The first-order valence-corrected chi connectivity index (χ1v) is 12.4. The Labute approximate surface area is 177 Å². The van der Waals surface area contributed by atoms with E-state index in [-0.39, 0.29) is 17.8 Å². The molecule has 1 fully saturated rings. The third-order valence-electron chi connectivity index (χ3n) is 5.23. The van der Waals surface area contributed by atoms with Gasteiger partial charge in [-0.2, -0.15) is 0 Å². The van der Waals surface area contributed by atoms with Crippen LogP contribution in [0.25, 0.3) is 0 Å². The van der Waals surface area contributed by atoms with Crippen molar-refractivity contribution in [3.05, 3.63) is 41.9 Å². The number of nitrogens with zero attached hydrogens (tertiary/aromatic N) is 2. The van der Waals surface area contributed by atoms with Crippen molar-refractivity contribution in [3.8, 4) is 0 Å².